The summed E-state index contributed by atoms with van der Waals surface area (Å²) in [5, 5.41) is 10.1. The van der Waals surface area contributed by atoms with Gasteiger partial charge in [0, 0.05) is 30.2 Å². The van der Waals surface area contributed by atoms with Crippen molar-refractivity contribution in [2.45, 2.75) is 45.1 Å². The first-order chi connectivity index (χ1) is 13.6. The number of likely N-dealkylation sites (tertiary alicyclic amines) is 1. The summed E-state index contributed by atoms with van der Waals surface area (Å²) < 4.78 is 0. The molecule has 0 spiro atoms. The number of aromatic nitrogens is 1. The van der Waals surface area contributed by atoms with Crippen molar-refractivity contribution >= 4 is 22.8 Å². The van der Waals surface area contributed by atoms with E-state index in [0.29, 0.717) is 19.6 Å². The van der Waals surface area contributed by atoms with E-state index >= 15 is 0 Å². The third-order valence-corrected chi connectivity index (χ3v) is 6.15. The maximum Gasteiger partial charge on any atom is 0.317 e. The number of aliphatic carboxylic acids is 1. The van der Waals surface area contributed by atoms with Crippen molar-refractivity contribution in [3.8, 4) is 0 Å². The van der Waals surface area contributed by atoms with E-state index in [1.807, 2.05) is 41.0 Å². The Balaban J connectivity index is 1.56. The van der Waals surface area contributed by atoms with E-state index in [9.17, 15) is 9.59 Å². The smallest absolute Gasteiger partial charge is 0.317 e. The summed E-state index contributed by atoms with van der Waals surface area (Å²) in [5.41, 5.74) is 3.96. The van der Waals surface area contributed by atoms with Crippen LogP contribution in [0.15, 0.2) is 24.3 Å². The number of piperidine rings is 1. The zero-order valence-corrected chi connectivity index (χ0v) is 16.4. The van der Waals surface area contributed by atoms with Crippen molar-refractivity contribution < 1.29 is 14.7 Å². The fourth-order valence-corrected chi connectivity index (χ4v) is 4.72. The van der Waals surface area contributed by atoms with E-state index < -0.39 is 5.97 Å². The zero-order valence-electron chi connectivity index (χ0n) is 16.4. The molecule has 6 nitrogen and oxygen atoms in total. The van der Waals surface area contributed by atoms with Gasteiger partial charge in [-0.15, -0.1) is 0 Å². The fraction of sp³-hybridized carbons (Fsp3) is 0.500. The van der Waals surface area contributed by atoms with Crippen LogP contribution in [-0.2, 0) is 17.6 Å². The molecule has 0 saturated carbocycles. The summed E-state index contributed by atoms with van der Waals surface area (Å²) in [6, 6.07) is 8.16. The molecule has 0 radical (unpaired) electrons. The topological polar surface area (TPSA) is 73.7 Å². The summed E-state index contributed by atoms with van der Waals surface area (Å²) in [6.07, 6.45) is 4.56. The van der Waals surface area contributed by atoms with Crippen molar-refractivity contribution in [2.24, 2.45) is 0 Å². The number of hydrogen-bond donors (Lipinski definition) is 1. The number of likely N-dealkylation sites (N-methyl/N-ethyl adjacent to an activating group) is 1. The number of hydrogen-bond acceptors (Lipinski definition) is 4. The predicted molar refractivity (Wildman–Crippen MR) is 108 cm³/mol. The van der Waals surface area contributed by atoms with Crippen molar-refractivity contribution in [2.75, 3.05) is 26.2 Å². The van der Waals surface area contributed by atoms with Crippen LogP contribution in [0.5, 0.6) is 0 Å². The van der Waals surface area contributed by atoms with Gasteiger partial charge in [-0.25, -0.2) is 0 Å². The maximum absolute atomic E-state index is 13.5. The van der Waals surface area contributed by atoms with Crippen LogP contribution in [-0.4, -0.2) is 64.0 Å². The minimum Gasteiger partial charge on any atom is -0.480 e. The second-order valence-corrected chi connectivity index (χ2v) is 7.76. The van der Waals surface area contributed by atoms with Crippen LogP contribution >= 0.6 is 0 Å². The van der Waals surface area contributed by atoms with Crippen molar-refractivity contribution in [3.05, 3.63) is 41.1 Å². The van der Waals surface area contributed by atoms with Gasteiger partial charge in [-0.1, -0.05) is 25.1 Å². The van der Waals surface area contributed by atoms with Crippen LogP contribution < -0.4 is 0 Å². The lowest BCUT2D eigenvalue weighted by Gasteiger charge is -2.37. The molecule has 0 bridgehead atoms. The molecule has 1 amide bonds. The van der Waals surface area contributed by atoms with Crippen LogP contribution in [0.1, 0.15) is 47.8 Å². The minimum atomic E-state index is -0.792. The lowest BCUT2D eigenvalue weighted by atomic mass is 9.97. The molecular weight excluding hydrogens is 354 g/mol. The Bertz CT molecular complexity index is 903. The number of carbonyl (C=O) groups excluding carboxylic acids is 1. The molecule has 1 aromatic heterocycles. The van der Waals surface area contributed by atoms with Gasteiger partial charge in [0.05, 0.1) is 17.6 Å². The number of pyridine rings is 1. The molecule has 1 N–H and O–H groups in total. The van der Waals surface area contributed by atoms with Crippen LogP contribution in [0.2, 0.25) is 0 Å². The van der Waals surface area contributed by atoms with E-state index in [-0.39, 0.29) is 18.5 Å². The molecular formula is C22H27N3O3. The molecule has 6 heteroatoms. The van der Waals surface area contributed by atoms with Gasteiger partial charge < -0.3 is 10.0 Å². The first kappa shape index (κ1) is 18.9. The Hall–Kier alpha value is -2.47. The SMILES string of the molecule is CCN(CC(=O)O)C1CCN(C(=O)c2c3c(nc4ccccc24)CCC3)CC1. The molecule has 148 valence electrons. The van der Waals surface area contributed by atoms with Gasteiger partial charge >= 0.3 is 5.97 Å². The van der Waals surface area contributed by atoms with E-state index in [2.05, 4.69) is 0 Å². The Kier molecular flexibility index (Phi) is 5.31. The molecule has 0 atom stereocenters. The summed E-state index contributed by atoms with van der Waals surface area (Å²) >= 11 is 0. The number of carboxylic acid groups (broad SMARTS) is 1. The maximum atomic E-state index is 13.5. The highest BCUT2D eigenvalue weighted by atomic mass is 16.4. The normalized spacial score (nSPS) is 17.3. The molecule has 2 aliphatic rings. The average Bonchev–Trinajstić information content (AvgIpc) is 3.17. The number of benzene rings is 1. The summed E-state index contributed by atoms with van der Waals surface area (Å²) in [7, 11) is 0. The van der Waals surface area contributed by atoms with E-state index in [1.54, 1.807) is 0 Å². The van der Waals surface area contributed by atoms with Gasteiger partial charge in [0.25, 0.3) is 5.91 Å². The second kappa shape index (κ2) is 7.87. The van der Waals surface area contributed by atoms with Gasteiger partial charge in [-0.05, 0) is 50.3 Å². The highest BCUT2D eigenvalue weighted by Gasteiger charge is 2.31. The molecule has 1 fully saturated rings. The predicted octanol–water partition coefficient (Wildman–Crippen LogP) is 2.73. The van der Waals surface area contributed by atoms with Gasteiger partial charge in [0.1, 0.15) is 0 Å². The number of para-hydroxylation sites is 1. The number of nitrogens with zero attached hydrogens (tertiary/aromatic N) is 3. The van der Waals surface area contributed by atoms with Crippen LogP contribution in [0.25, 0.3) is 10.9 Å². The van der Waals surface area contributed by atoms with Gasteiger partial charge in [0.2, 0.25) is 0 Å². The standard InChI is InChI=1S/C22H27N3O3/c1-2-24(14-20(26)27)15-10-12-25(13-11-15)22(28)21-16-6-3-4-8-18(16)23-19-9-5-7-17(19)21/h3-4,6,8,15H,2,5,7,9-14H2,1H3,(H,26,27). The zero-order chi connectivity index (χ0) is 19.7. The van der Waals surface area contributed by atoms with Crippen LogP contribution in [0.4, 0.5) is 0 Å². The van der Waals surface area contributed by atoms with Gasteiger partial charge in [0.15, 0.2) is 0 Å². The van der Waals surface area contributed by atoms with E-state index in [4.69, 9.17) is 10.1 Å². The molecule has 1 saturated heterocycles. The Morgan fingerprint density at radius 1 is 1.21 bits per heavy atom. The summed E-state index contributed by atoms with van der Waals surface area (Å²) in [4.78, 5) is 33.3. The number of carbonyl (C=O) groups is 2. The fourth-order valence-electron chi connectivity index (χ4n) is 4.72. The third kappa shape index (κ3) is 3.49. The number of aryl methyl sites for hydroxylation is 1. The van der Waals surface area contributed by atoms with Crippen molar-refractivity contribution in [3.63, 3.8) is 0 Å². The number of fused-ring (bicyclic) bond motifs is 2. The molecule has 28 heavy (non-hydrogen) atoms. The highest BCUT2D eigenvalue weighted by Crippen LogP contribution is 2.31. The highest BCUT2D eigenvalue weighted by molar-refractivity contribution is 6.07. The molecule has 1 aromatic carbocycles. The van der Waals surface area contributed by atoms with Gasteiger partial charge in [-0.2, -0.15) is 0 Å². The van der Waals surface area contributed by atoms with Gasteiger partial charge in [-0.3, -0.25) is 19.5 Å². The number of carboxylic acids is 1. The molecule has 1 aliphatic heterocycles. The Morgan fingerprint density at radius 2 is 1.96 bits per heavy atom. The molecule has 2 heterocycles. The Morgan fingerprint density at radius 3 is 2.68 bits per heavy atom. The monoisotopic (exact) mass is 381 g/mol. The average molecular weight is 381 g/mol. The van der Waals surface area contributed by atoms with Crippen molar-refractivity contribution in [1.82, 2.24) is 14.8 Å². The number of amides is 1. The van der Waals surface area contributed by atoms with E-state index in [0.717, 1.165) is 59.8 Å². The lowest BCUT2D eigenvalue weighted by Crippen LogP contribution is -2.48. The first-order valence-corrected chi connectivity index (χ1v) is 10.2. The summed E-state index contributed by atoms with van der Waals surface area (Å²) in [5.74, 6) is -0.685. The summed E-state index contributed by atoms with van der Waals surface area (Å²) in [6.45, 7) is 4.12. The number of rotatable bonds is 5. The third-order valence-electron chi connectivity index (χ3n) is 6.15. The molecule has 2 aromatic rings. The minimum absolute atomic E-state index is 0.0671. The Labute approximate surface area is 165 Å². The molecule has 1 aliphatic carbocycles. The second-order valence-electron chi connectivity index (χ2n) is 7.76. The first-order valence-electron chi connectivity index (χ1n) is 10.2. The largest absolute Gasteiger partial charge is 0.480 e. The lowest BCUT2D eigenvalue weighted by molar-refractivity contribution is -0.139. The van der Waals surface area contributed by atoms with Crippen molar-refractivity contribution in [1.29, 1.82) is 0 Å². The quantitative estimate of drug-likeness (QED) is 0.862. The van der Waals surface area contributed by atoms with E-state index in [1.165, 1.54) is 0 Å². The van der Waals surface area contributed by atoms with Crippen LogP contribution in [0.3, 0.4) is 0 Å². The van der Waals surface area contributed by atoms with Crippen LogP contribution in [0, 0.1) is 0 Å². The molecule has 0 unspecified atom stereocenters. The molecule has 4 rings (SSSR count).